The molecule has 2 aromatic carbocycles. The number of amides is 2. The summed E-state index contributed by atoms with van der Waals surface area (Å²) in [6, 6.07) is 14.6. The molecule has 0 aromatic heterocycles. The molecule has 3 atom stereocenters. The molecule has 2 amide bonds. The van der Waals surface area contributed by atoms with Crippen molar-refractivity contribution < 1.29 is 14.4 Å². The van der Waals surface area contributed by atoms with Crippen LogP contribution in [0, 0.1) is 12.8 Å². The molecule has 4 rings (SSSR count). The smallest absolute Gasteiger partial charge is 0.259 e. The molecule has 6 heteroatoms. The van der Waals surface area contributed by atoms with Crippen LogP contribution in [-0.2, 0) is 14.4 Å². The van der Waals surface area contributed by atoms with Crippen LogP contribution < -0.4 is 10.4 Å². The number of nitrogens with one attached hydrogen (secondary N) is 1. The summed E-state index contributed by atoms with van der Waals surface area (Å²) in [5.41, 5.74) is 2.79. The molecular formula is C18H15ClN2O3. The molecule has 0 bridgehead atoms. The number of rotatable bonds is 2. The zero-order valence-corrected chi connectivity index (χ0v) is 13.7. The van der Waals surface area contributed by atoms with Gasteiger partial charge in [-0.2, -0.15) is 0 Å². The van der Waals surface area contributed by atoms with Crippen LogP contribution in [0.25, 0.3) is 0 Å². The Morgan fingerprint density at radius 3 is 2.33 bits per heavy atom. The third-order valence-corrected chi connectivity index (χ3v) is 4.71. The fourth-order valence-electron chi connectivity index (χ4n) is 3.25. The summed E-state index contributed by atoms with van der Waals surface area (Å²) in [5.74, 6) is -1.28. The number of nitrogens with zero attached hydrogens (tertiary/aromatic N) is 1. The standard InChI is InChI=1S/C18H15ClN2O3/c1-10-2-8-13(9-3-10)21-15(11-4-6-12(19)7-5-11)14-16(24-21)18(23)20-17(14)22/h2-9,14-16H,1H3,(H,20,22,23)/t14-,15-,16-/m0/s1. The van der Waals surface area contributed by atoms with E-state index in [1.807, 2.05) is 43.3 Å². The van der Waals surface area contributed by atoms with Crippen molar-refractivity contribution in [3.8, 4) is 0 Å². The van der Waals surface area contributed by atoms with E-state index < -0.39 is 17.9 Å². The van der Waals surface area contributed by atoms with Crippen LogP contribution >= 0.6 is 11.6 Å². The quantitative estimate of drug-likeness (QED) is 0.853. The fraction of sp³-hybridized carbons (Fsp3) is 0.222. The summed E-state index contributed by atoms with van der Waals surface area (Å²) >= 11 is 5.97. The maximum atomic E-state index is 12.3. The van der Waals surface area contributed by atoms with Crippen LogP contribution in [0.4, 0.5) is 5.69 Å². The molecule has 1 N–H and O–H groups in total. The van der Waals surface area contributed by atoms with Crippen LogP contribution in [-0.4, -0.2) is 17.9 Å². The Kier molecular flexibility index (Phi) is 3.55. The molecule has 122 valence electrons. The Morgan fingerprint density at radius 1 is 1.00 bits per heavy atom. The lowest BCUT2D eigenvalue weighted by Gasteiger charge is -2.27. The molecule has 2 heterocycles. The van der Waals surface area contributed by atoms with Gasteiger partial charge in [-0.15, -0.1) is 0 Å². The largest absolute Gasteiger partial charge is 0.294 e. The Hall–Kier alpha value is -2.37. The van der Waals surface area contributed by atoms with Crippen molar-refractivity contribution in [3.05, 3.63) is 64.7 Å². The third-order valence-electron chi connectivity index (χ3n) is 4.45. The Balaban J connectivity index is 1.79. The summed E-state index contributed by atoms with van der Waals surface area (Å²) in [6.07, 6.45) is -0.806. The van der Waals surface area contributed by atoms with Gasteiger partial charge >= 0.3 is 0 Å². The molecule has 2 saturated heterocycles. The first-order valence-corrected chi connectivity index (χ1v) is 8.05. The average molecular weight is 343 g/mol. The maximum Gasteiger partial charge on any atom is 0.259 e. The second-order valence-corrected chi connectivity index (χ2v) is 6.50. The number of hydrogen-bond acceptors (Lipinski definition) is 4. The average Bonchev–Trinajstić information content (AvgIpc) is 3.08. The normalized spacial score (nSPS) is 25.8. The number of anilines is 1. The highest BCUT2D eigenvalue weighted by molar-refractivity contribution is 6.30. The SMILES string of the molecule is Cc1ccc(N2O[C@@H]3C(=O)NC(=O)[C@H]3[C@@H]2c2ccc(Cl)cc2)cc1. The number of halogens is 1. The van der Waals surface area contributed by atoms with Crippen molar-refractivity contribution in [1.29, 1.82) is 0 Å². The van der Waals surface area contributed by atoms with Crippen molar-refractivity contribution in [2.24, 2.45) is 5.92 Å². The van der Waals surface area contributed by atoms with Gasteiger partial charge in [-0.25, -0.2) is 5.06 Å². The number of carbonyl (C=O) groups is 2. The Morgan fingerprint density at radius 2 is 1.67 bits per heavy atom. The second-order valence-electron chi connectivity index (χ2n) is 6.06. The first-order valence-electron chi connectivity index (χ1n) is 7.67. The molecule has 0 aliphatic carbocycles. The Bertz CT molecular complexity index is 804. The van der Waals surface area contributed by atoms with Gasteiger partial charge in [-0.05, 0) is 36.8 Å². The number of hydroxylamine groups is 1. The van der Waals surface area contributed by atoms with E-state index in [1.54, 1.807) is 17.2 Å². The summed E-state index contributed by atoms with van der Waals surface area (Å²) in [6.45, 7) is 2.00. The van der Waals surface area contributed by atoms with Crippen LogP contribution in [0.1, 0.15) is 17.2 Å². The minimum atomic E-state index is -0.806. The van der Waals surface area contributed by atoms with Crippen molar-refractivity contribution >= 4 is 29.1 Å². The number of carbonyl (C=O) groups excluding carboxylic acids is 2. The van der Waals surface area contributed by atoms with E-state index in [0.29, 0.717) is 5.02 Å². The highest BCUT2D eigenvalue weighted by Gasteiger charge is 2.56. The van der Waals surface area contributed by atoms with E-state index in [1.165, 1.54) is 0 Å². The molecule has 2 aromatic rings. The number of hydrogen-bond donors (Lipinski definition) is 1. The van der Waals surface area contributed by atoms with E-state index >= 15 is 0 Å². The lowest BCUT2D eigenvalue weighted by atomic mass is 9.90. The highest BCUT2D eigenvalue weighted by Crippen LogP contribution is 2.44. The fourth-order valence-corrected chi connectivity index (χ4v) is 3.37. The van der Waals surface area contributed by atoms with Crippen molar-refractivity contribution in [3.63, 3.8) is 0 Å². The summed E-state index contributed by atoms with van der Waals surface area (Å²) in [7, 11) is 0. The summed E-state index contributed by atoms with van der Waals surface area (Å²) in [5, 5.41) is 4.63. The zero-order valence-electron chi connectivity index (χ0n) is 12.9. The van der Waals surface area contributed by atoms with Gasteiger partial charge in [0.15, 0.2) is 6.10 Å². The topological polar surface area (TPSA) is 58.6 Å². The van der Waals surface area contributed by atoms with Gasteiger partial charge in [-0.3, -0.25) is 19.7 Å². The van der Waals surface area contributed by atoms with Crippen LogP contribution in [0.15, 0.2) is 48.5 Å². The maximum absolute atomic E-state index is 12.3. The van der Waals surface area contributed by atoms with Crippen LogP contribution in [0.3, 0.4) is 0 Å². The van der Waals surface area contributed by atoms with Crippen LogP contribution in [0.2, 0.25) is 5.02 Å². The van der Waals surface area contributed by atoms with E-state index in [9.17, 15) is 9.59 Å². The van der Waals surface area contributed by atoms with Gasteiger partial charge in [0.1, 0.15) is 5.92 Å². The van der Waals surface area contributed by atoms with E-state index in [2.05, 4.69) is 5.32 Å². The van der Waals surface area contributed by atoms with Crippen LogP contribution in [0.5, 0.6) is 0 Å². The van der Waals surface area contributed by atoms with Crippen molar-refractivity contribution in [2.45, 2.75) is 19.1 Å². The molecule has 24 heavy (non-hydrogen) atoms. The number of imide groups is 1. The molecule has 5 nitrogen and oxygen atoms in total. The first kappa shape index (κ1) is 15.2. The monoisotopic (exact) mass is 342 g/mol. The predicted octanol–water partition coefficient (Wildman–Crippen LogP) is 2.78. The molecular weight excluding hydrogens is 328 g/mol. The third kappa shape index (κ3) is 2.37. The van der Waals surface area contributed by atoms with E-state index in [-0.39, 0.29) is 11.9 Å². The summed E-state index contributed by atoms with van der Waals surface area (Å²) < 4.78 is 0. The van der Waals surface area contributed by atoms with Crippen molar-refractivity contribution in [2.75, 3.05) is 5.06 Å². The highest BCUT2D eigenvalue weighted by atomic mass is 35.5. The first-order chi connectivity index (χ1) is 11.5. The summed E-state index contributed by atoms with van der Waals surface area (Å²) in [4.78, 5) is 30.2. The van der Waals surface area contributed by atoms with Gasteiger partial charge < -0.3 is 0 Å². The van der Waals surface area contributed by atoms with Gasteiger partial charge in [0.2, 0.25) is 5.91 Å². The molecule has 2 fully saturated rings. The molecule has 0 spiro atoms. The minimum Gasteiger partial charge on any atom is -0.294 e. The Labute approximate surface area is 144 Å². The number of aryl methyl sites for hydroxylation is 1. The van der Waals surface area contributed by atoms with E-state index in [4.69, 9.17) is 16.4 Å². The second kappa shape index (κ2) is 5.61. The van der Waals surface area contributed by atoms with Gasteiger partial charge in [0.05, 0.1) is 11.7 Å². The van der Waals surface area contributed by atoms with Gasteiger partial charge in [0, 0.05) is 5.02 Å². The molecule has 2 aliphatic rings. The van der Waals surface area contributed by atoms with E-state index in [0.717, 1.165) is 16.8 Å². The molecule has 0 radical (unpaired) electrons. The lowest BCUT2D eigenvalue weighted by molar-refractivity contribution is -0.129. The number of benzene rings is 2. The predicted molar refractivity (Wildman–Crippen MR) is 89.4 cm³/mol. The number of fused-ring (bicyclic) bond motifs is 1. The molecule has 2 aliphatic heterocycles. The van der Waals surface area contributed by atoms with Gasteiger partial charge in [0.25, 0.3) is 5.91 Å². The molecule has 0 unspecified atom stereocenters. The lowest BCUT2D eigenvalue weighted by Crippen LogP contribution is -2.33. The minimum absolute atomic E-state index is 0.306. The van der Waals surface area contributed by atoms with Crippen molar-refractivity contribution in [1.82, 2.24) is 5.32 Å². The molecule has 0 saturated carbocycles. The zero-order chi connectivity index (χ0) is 16.8. The van der Waals surface area contributed by atoms with Gasteiger partial charge in [-0.1, -0.05) is 41.4 Å².